The van der Waals surface area contributed by atoms with E-state index in [0.29, 0.717) is 12.8 Å². The predicted molar refractivity (Wildman–Crippen MR) is 92.8 cm³/mol. The van der Waals surface area contributed by atoms with Crippen molar-refractivity contribution in [3.05, 3.63) is 58.9 Å². The Morgan fingerprint density at radius 1 is 1.19 bits per heavy atom. The number of nitrogens with zero attached hydrogens (tertiary/aromatic N) is 1. The molecule has 0 bridgehead atoms. The van der Waals surface area contributed by atoms with Crippen molar-refractivity contribution in [3.8, 4) is 0 Å². The van der Waals surface area contributed by atoms with Gasteiger partial charge in [0.1, 0.15) is 5.41 Å². The van der Waals surface area contributed by atoms with Crippen molar-refractivity contribution in [2.24, 2.45) is 5.41 Å². The summed E-state index contributed by atoms with van der Waals surface area (Å²) in [5.41, 5.74) is -1.61. The van der Waals surface area contributed by atoms with Crippen molar-refractivity contribution in [1.29, 1.82) is 0 Å². The van der Waals surface area contributed by atoms with E-state index in [9.17, 15) is 22.8 Å². The van der Waals surface area contributed by atoms with E-state index >= 15 is 0 Å². The fourth-order valence-electron chi connectivity index (χ4n) is 2.61. The molecule has 142 valence electrons. The summed E-state index contributed by atoms with van der Waals surface area (Å²) >= 11 is 5.57. The highest BCUT2D eigenvalue weighted by Gasteiger charge is 2.56. The molecule has 0 aliphatic heterocycles. The van der Waals surface area contributed by atoms with Gasteiger partial charge in [-0.25, -0.2) is 0 Å². The number of hydrogen-bond acceptors (Lipinski definition) is 3. The van der Waals surface area contributed by atoms with Gasteiger partial charge in [0.15, 0.2) is 0 Å². The van der Waals surface area contributed by atoms with Gasteiger partial charge in [0.05, 0.1) is 10.6 Å². The first-order valence-corrected chi connectivity index (χ1v) is 8.45. The molecule has 1 heterocycles. The van der Waals surface area contributed by atoms with Crippen LogP contribution in [0.1, 0.15) is 24.0 Å². The summed E-state index contributed by atoms with van der Waals surface area (Å²) in [5.74, 6) is -1.10. The topological polar surface area (TPSA) is 71.1 Å². The van der Waals surface area contributed by atoms with Gasteiger partial charge in [-0.15, -0.1) is 0 Å². The molecule has 0 unspecified atom stereocenters. The van der Waals surface area contributed by atoms with Crippen LogP contribution < -0.4 is 10.6 Å². The lowest BCUT2D eigenvalue weighted by atomic mass is 10.0. The van der Waals surface area contributed by atoms with E-state index in [4.69, 9.17) is 11.6 Å². The quantitative estimate of drug-likeness (QED) is 0.754. The van der Waals surface area contributed by atoms with Crippen LogP contribution in [-0.4, -0.2) is 16.8 Å². The second kappa shape index (κ2) is 7.19. The molecule has 1 fully saturated rings. The minimum absolute atomic E-state index is 0.0666. The van der Waals surface area contributed by atoms with Crippen LogP contribution in [0.15, 0.2) is 42.7 Å². The third-order valence-corrected chi connectivity index (χ3v) is 4.65. The van der Waals surface area contributed by atoms with Crippen molar-refractivity contribution in [3.63, 3.8) is 0 Å². The maximum atomic E-state index is 12.9. The Kier molecular flexibility index (Phi) is 5.10. The Bertz CT molecular complexity index is 868. The molecule has 2 amide bonds. The maximum absolute atomic E-state index is 12.9. The van der Waals surface area contributed by atoms with Crippen LogP contribution >= 0.6 is 11.6 Å². The van der Waals surface area contributed by atoms with E-state index < -0.39 is 34.0 Å². The lowest BCUT2D eigenvalue weighted by Gasteiger charge is -2.16. The lowest BCUT2D eigenvalue weighted by molar-refractivity contribution is -0.138. The fourth-order valence-corrected chi connectivity index (χ4v) is 2.83. The molecule has 1 aliphatic rings. The van der Waals surface area contributed by atoms with Gasteiger partial charge >= 0.3 is 6.18 Å². The van der Waals surface area contributed by atoms with Crippen LogP contribution in [0.3, 0.4) is 0 Å². The predicted octanol–water partition coefficient (Wildman–Crippen LogP) is 3.79. The summed E-state index contributed by atoms with van der Waals surface area (Å²) in [6.45, 7) is 0.209. The summed E-state index contributed by atoms with van der Waals surface area (Å²) < 4.78 is 38.8. The normalized spacial score (nSPS) is 15.1. The monoisotopic (exact) mass is 397 g/mol. The van der Waals surface area contributed by atoms with Gasteiger partial charge in [0, 0.05) is 24.6 Å². The summed E-state index contributed by atoms with van der Waals surface area (Å²) in [4.78, 5) is 28.8. The molecule has 0 saturated heterocycles. The van der Waals surface area contributed by atoms with Gasteiger partial charge < -0.3 is 10.6 Å². The van der Waals surface area contributed by atoms with Crippen molar-refractivity contribution in [2.75, 3.05) is 5.32 Å². The standard InChI is InChI=1S/C18H15ClF3N3O2/c19-14-4-3-12(8-13(14)18(20,21)22)25-16(27)17(5-6-17)15(26)24-10-11-2-1-7-23-9-11/h1-4,7-9H,5-6,10H2,(H,24,26)(H,25,27). The number of benzene rings is 1. The molecule has 1 aliphatic carbocycles. The molecule has 9 heteroatoms. The third-order valence-electron chi connectivity index (χ3n) is 4.32. The number of alkyl halides is 3. The minimum atomic E-state index is -4.64. The Hall–Kier alpha value is -2.61. The molecule has 3 rings (SSSR count). The number of hydrogen-bond donors (Lipinski definition) is 2. The second-order valence-electron chi connectivity index (χ2n) is 6.27. The SMILES string of the molecule is O=C(NCc1cccnc1)C1(C(=O)Nc2ccc(Cl)c(C(F)(F)F)c2)CC1. The zero-order valence-corrected chi connectivity index (χ0v) is 14.7. The number of amides is 2. The van der Waals surface area contributed by atoms with Gasteiger partial charge in [0.2, 0.25) is 11.8 Å². The number of halogens is 4. The van der Waals surface area contributed by atoms with Gasteiger partial charge in [-0.1, -0.05) is 17.7 Å². The Morgan fingerprint density at radius 2 is 1.93 bits per heavy atom. The summed E-state index contributed by atoms with van der Waals surface area (Å²) in [5, 5.41) is 4.60. The van der Waals surface area contributed by atoms with Crippen LogP contribution in [0.5, 0.6) is 0 Å². The first kappa shape index (κ1) is 19.2. The number of rotatable bonds is 5. The lowest BCUT2D eigenvalue weighted by Crippen LogP contribution is -2.39. The Balaban J connectivity index is 1.68. The summed E-state index contributed by atoms with van der Waals surface area (Å²) in [6, 6.07) is 6.57. The molecule has 0 spiro atoms. The first-order chi connectivity index (χ1) is 12.7. The molecule has 2 N–H and O–H groups in total. The Labute approximate surface area is 157 Å². The molecule has 1 aromatic heterocycles. The van der Waals surface area contributed by atoms with E-state index in [1.165, 1.54) is 6.07 Å². The second-order valence-corrected chi connectivity index (χ2v) is 6.68. The zero-order valence-electron chi connectivity index (χ0n) is 13.9. The Morgan fingerprint density at radius 3 is 2.52 bits per heavy atom. The average molecular weight is 398 g/mol. The highest BCUT2D eigenvalue weighted by Crippen LogP contribution is 2.47. The van der Waals surface area contributed by atoms with Crippen molar-refractivity contribution in [1.82, 2.24) is 10.3 Å². The smallest absolute Gasteiger partial charge is 0.351 e. The van der Waals surface area contributed by atoms with E-state index in [1.807, 2.05) is 0 Å². The molecule has 2 aromatic rings. The number of aromatic nitrogens is 1. The molecule has 1 aromatic carbocycles. The van der Waals surface area contributed by atoms with Crippen LogP contribution in [0, 0.1) is 5.41 Å². The van der Waals surface area contributed by atoms with Crippen LogP contribution in [0.4, 0.5) is 18.9 Å². The van der Waals surface area contributed by atoms with Crippen molar-refractivity contribution >= 4 is 29.1 Å². The molecule has 0 radical (unpaired) electrons. The number of nitrogens with one attached hydrogen (secondary N) is 2. The number of carbonyl (C=O) groups is 2. The molecule has 5 nitrogen and oxygen atoms in total. The fraction of sp³-hybridized carbons (Fsp3) is 0.278. The molecular formula is C18H15ClF3N3O2. The van der Waals surface area contributed by atoms with Gasteiger partial charge in [-0.2, -0.15) is 13.2 Å². The molecular weight excluding hydrogens is 383 g/mol. The zero-order chi connectivity index (χ0) is 19.7. The van der Waals surface area contributed by atoms with Gasteiger partial charge in [-0.3, -0.25) is 14.6 Å². The van der Waals surface area contributed by atoms with Crippen molar-refractivity contribution in [2.45, 2.75) is 25.6 Å². The summed E-state index contributed by atoms with van der Waals surface area (Å²) in [6.07, 6.45) is -0.792. The summed E-state index contributed by atoms with van der Waals surface area (Å²) in [7, 11) is 0. The highest BCUT2D eigenvalue weighted by atomic mass is 35.5. The molecule has 0 atom stereocenters. The van der Waals surface area contributed by atoms with Gasteiger partial charge in [-0.05, 0) is 42.7 Å². The maximum Gasteiger partial charge on any atom is 0.417 e. The van der Waals surface area contributed by atoms with Crippen LogP contribution in [0.2, 0.25) is 5.02 Å². The number of anilines is 1. The largest absolute Gasteiger partial charge is 0.417 e. The third kappa shape index (κ3) is 4.21. The van der Waals surface area contributed by atoms with E-state index in [0.717, 1.165) is 17.7 Å². The van der Waals surface area contributed by atoms with E-state index in [1.54, 1.807) is 24.5 Å². The number of carbonyl (C=O) groups excluding carboxylic acids is 2. The van der Waals surface area contributed by atoms with Crippen LogP contribution in [-0.2, 0) is 22.3 Å². The highest BCUT2D eigenvalue weighted by molar-refractivity contribution is 6.31. The molecule has 27 heavy (non-hydrogen) atoms. The van der Waals surface area contributed by atoms with E-state index in [-0.39, 0.29) is 12.2 Å². The van der Waals surface area contributed by atoms with Gasteiger partial charge in [0.25, 0.3) is 0 Å². The first-order valence-electron chi connectivity index (χ1n) is 8.08. The van der Waals surface area contributed by atoms with E-state index in [2.05, 4.69) is 15.6 Å². The minimum Gasteiger partial charge on any atom is -0.351 e. The van der Waals surface area contributed by atoms with Crippen LogP contribution in [0.25, 0.3) is 0 Å². The number of pyridine rings is 1. The van der Waals surface area contributed by atoms with Crippen molar-refractivity contribution < 1.29 is 22.8 Å². The molecule has 1 saturated carbocycles. The average Bonchev–Trinajstić information content (AvgIpc) is 3.43.